The van der Waals surface area contributed by atoms with Crippen molar-refractivity contribution in [3.8, 4) is 11.8 Å². The molecule has 0 heterocycles. The lowest BCUT2D eigenvalue weighted by Crippen LogP contribution is -2.25. The molecule has 5 heteroatoms. The number of rotatable bonds is 4. The summed E-state index contributed by atoms with van der Waals surface area (Å²) in [6, 6.07) is 7.56. The SMILES string of the molecule is [N-]=[N+]=NCCC#Cc1ccc(C(=O)NC2CC2)cc1. The van der Waals surface area contributed by atoms with Crippen LogP contribution in [-0.2, 0) is 0 Å². The highest BCUT2D eigenvalue weighted by molar-refractivity contribution is 5.94. The van der Waals surface area contributed by atoms with Crippen LogP contribution in [-0.4, -0.2) is 18.5 Å². The van der Waals surface area contributed by atoms with Gasteiger partial charge in [0.15, 0.2) is 0 Å². The van der Waals surface area contributed by atoms with Gasteiger partial charge in [-0.15, -0.1) is 0 Å². The van der Waals surface area contributed by atoms with E-state index in [1.54, 1.807) is 12.1 Å². The summed E-state index contributed by atoms with van der Waals surface area (Å²) >= 11 is 0. The first kappa shape index (κ1) is 13.0. The van der Waals surface area contributed by atoms with Gasteiger partial charge < -0.3 is 5.32 Å². The number of azide groups is 1. The van der Waals surface area contributed by atoms with E-state index in [-0.39, 0.29) is 5.91 Å². The van der Waals surface area contributed by atoms with E-state index in [0.29, 0.717) is 24.6 Å². The number of hydrogen-bond acceptors (Lipinski definition) is 2. The lowest BCUT2D eigenvalue weighted by molar-refractivity contribution is 0.0951. The van der Waals surface area contributed by atoms with Crippen molar-refractivity contribution in [1.82, 2.24) is 5.32 Å². The third-order valence-electron chi connectivity index (χ3n) is 2.69. The number of nitrogens with zero attached hydrogens (tertiary/aromatic N) is 3. The third kappa shape index (κ3) is 4.38. The van der Waals surface area contributed by atoms with Crippen molar-refractivity contribution in [3.05, 3.63) is 45.8 Å². The van der Waals surface area contributed by atoms with Crippen molar-refractivity contribution in [3.63, 3.8) is 0 Å². The van der Waals surface area contributed by atoms with Crippen molar-refractivity contribution in [1.29, 1.82) is 0 Å². The molecular weight excluding hydrogens is 240 g/mol. The zero-order valence-electron chi connectivity index (χ0n) is 10.5. The first-order valence-electron chi connectivity index (χ1n) is 6.20. The Morgan fingerprint density at radius 1 is 1.42 bits per heavy atom. The Balaban J connectivity index is 1.89. The van der Waals surface area contributed by atoms with Gasteiger partial charge >= 0.3 is 0 Å². The summed E-state index contributed by atoms with van der Waals surface area (Å²) in [7, 11) is 0. The first-order chi connectivity index (χ1) is 9.29. The van der Waals surface area contributed by atoms with Crippen molar-refractivity contribution >= 4 is 5.91 Å². The molecule has 0 aromatic heterocycles. The van der Waals surface area contributed by atoms with E-state index in [2.05, 4.69) is 27.2 Å². The molecule has 5 nitrogen and oxygen atoms in total. The van der Waals surface area contributed by atoms with Gasteiger partial charge in [-0.1, -0.05) is 17.0 Å². The van der Waals surface area contributed by atoms with Crippen LogP contribution in [0.5, 0.6) is 0 Å². The number of benzene rings is 1. The Morgan fingerprint density at radius 2 is 2.16 bits per heavy atom. The standard InChI is InChI=1S/C14H14N4O/c15-18-16-10-2-1-3-11-4-6-12(7-5-11)14(19)17-13-8-9-13/h4-7,13H,2,8-10H2,(H,17,19). The zero-order valence-corrected chi connectivity index (χ0v) is 10.5. The second-order valence-corrected chi connectivity index (χ2v) is 4.33. The van der Waals surface area contributed by atoms with Crippen LogP contribution in [0.4, 0.5) is 0 Å². The van der Waals surface area contributed by atoms with E-state index in [9.17, 15) is 4.79 Å². The summed E-state index contributed by atoms with van der Waals surface area (Å²) in [4.78, 5) is 14.4. The van der Waals surface area contributed by atoms with Crippen molar-refractivity contribution in [2.45, 2.75) is 25.3 Å². The lowest BCUT2D eigenvalue weighted by atomic mass is 10.1. The number of carbonyl (C=O) groups is 1. The molecular formula is C14H14N4O. The predicted octanol–water partition coefficient (Wildman–Crippen LogP) is 2.63. The van der Waals surface area contributed by atoms with Gasteiger partial charge in [0.25, 0.3) is 5.91 Å². The van der Waals surface area contributed by atoms with Crippen LogP contribution >= 0.6 is 0 Å². The average Bonchev–Trinajstić information content (AvgIpc) is 3.23. The highest BCUT2D eigenvalue weighted by Crippen LogP contribution is 2.19. The van der Waals surface area contributed by atoms with E-state index in [4.69, 9.17) is 5.53 Å². The second-order valence-electron chi connectivity index (χ2n) is 4.33. The summed E-state index contributed by atoms with van der Waals surface area (Å²) in [5.41, 5.74) is 9.61. The smallest absolute Gasteiger partial charge is 0.251 e. The predicted molar refractivity (Wildman–Crippen MR) is 72.4 cm³/mol. The van der Waals surface area contributed by atoms with Gasteiger partial charge in [0.05, 0.1) is 0 Å². The Labute approximate surface area is 111 Å². The van der Waals surface area contributed by atoms with E-state index < -0.39 is 0 Å². The zero-order chi connectivity index (χ0) is 13.5. The van der Waals surface area contributed by atoms with Gasteiger partial charge in [0.2, 0.25) is 0 Å². The second kappa shape index (κ2) is 6.48. The highest BCUT2D eigenvalue weighted by Gasteiger charge is 2.23. The largest absolute Gasteiger partial charge is 0.349 e. The molecule has 0 spiro atoms. The lowest BCUT2D eigenvalue weighted by Gasteiger charge is -2.02. The molecule has 0 atom stereocenters. The molecule has 1 N–H and O–H groups in total. The third-order valence-corrected chi connectivity index (χ3v) is 2.69. The van der Waals surface area contributed by atoms with Gasteiger partial charge in [-0.25, -0.2) is 0 Å². The van der Waals surface area contributed by atoms with E-state index in [1.165, 1.54) is 0 Å². The fourth-order valence-corrected chi connectivity index (χ4v) is 1.52. The molecule has 0 radical (unpaired) electrons. The number of amides is 1. The van der Waals surface area contributed by atoms with Crippen molar-refractivity contribution < 1.29 is 4.79 Å². The van der Waals surface area contributed by atoms with Gasteiger partial charge in [-0.05, 0) is 42.6 Å². The molecule has 1 amide bonds. The minimum absolute atomic E-state index is 0.0228. The quantitative estimate of drug-likeness (QED) is 0.289. The van der Waals surface area contributed by atoms with E-state index in [0.717, 1.165) is 18.4 Å². The van der Waals surface area contributed by atoms with Crippen LogP contribution < -0.4 is 5.32 Å². The van der Waals surface area contributed by atoms with Gasteiger partial charge in [0.1, 0.15) is 0 Å². The maximum Gasteiger partial charge on any atom is 0.251 e. The molecule has 19 heavy (non-hydrogen) atoms. The Hall–Kier alpha value is -2.44. The molecule has 1 fully saturated rings. The number of nitrogens with one attached hydrogen (secondary N) is 1. The summed E-state index contributed by atoms with van der Waals surface area (Å²) in [6.45, 7) is 0.380. The molecule has 1 aliphatic rings. The van der Waals surface area contributed by atoms with Crippen LogP contribution in [0, 0.1) is 11.8 Å². The van der Waals surface area contributed by atoms with Crippen molar-refractivity contribution in [2.24, 2.45) is 5.11 Å². The normalized spacial score (nSPS) is 12.8. The van der Waals surface area contributed by atoms with Crippen LogP contribution in [0.3, 0.4) is 0 Å². The van der Waals surface area contributed by atoms with Gasteiger partial charge in [-0.2, -0.15) is 0 Å². The Kier molecular flexibility index (Phi) is 4.44. The minimum atomic E-state index is -0.0228. The van der Waals surface area contributed by atoms with E-state index >= 15 is 0 Å². The maximum atomic E-state index is 11.7. The van der Waals surface area contributed by atoms with Crippen LogP contribution in [0.25, 0.3) is 10.4 Å². The highest BCUT2D eigenvalue weighted by atomic mass is 16.1. The molecule has 0 aliphatic heterocycles. The molecule has 0 bridgehead atoms. The van der Waals surface area contributed by atoms with Gasteiger partial charge in [0, 0.05) is 35.0 Å². The molecule has 0 saturated heterocycles. The summed E-state index contributed by atoms with van der Waals surface area (Å²) in [5, 5.41) is 6.33. The molecule has 1 aromatic rings. The van der Waals surface area contributed by atoms with Crippen LogP contribution in [0.2, 0.25) is 0 Å². The van der Waals surface area contributed by atoms with Crippen LogP contribution in [0.1, 0.15) is 35.2 Å². The summed E-state index contributed by atoms with van der Waals surface area (Å²) < 4.78 is 0. The summed E-state index contributed by atoms with van der Waals surface area (Å²) in [6.07, 6.45) is 2.70. The molecule has 96 valence electrons. The number of carbonyl (C=O) groups excluding carboxylic acids is 1. The van der Waals surface area contributed by atoms with E-state index in [1.807, 2.05) is 12.1 Å². The molecule has 0 unspecified atom stereocenters. The Bertz CT molecular complexity index is 557. The monoisotopic (exact) mass is 254 g/mol. The molecule has 1 aliphatic carbocycles. The topological polar surface area (TPSA) is 77.9 Å². The average molecular weight is 254 g/mol. The van der Waals surface area contributed by atoms with Crippen molar-refractivity contribution in [2.75, 3.05) is 6.54 Å². The Morgan fingerprint density at radius 3 is 2.79 bits per heavy atom. The fraction of sp³-hybridized carbons (Fsp3) is 0.357. The molecule has 1 aromatic carbocycles. The number of hydrogen-bond donors (Lipinski definition) is 1. The summed E-state index contributed by atoms with van der Waals surface area (Å²) in [5.74, 6) is 5.85. The van der Waals surface area contributed by atoms with Gasteiger partial charge in [-0.3, -0.25) is 4.79 Å². The molecule has 2 rings (SSSR count). The maximum absolute atomic E-state index is 11.7. The first-order valence-corrected chi connectivity index (χ1v) is 6.20. The van der Waals surface area contributed by atoms with Crippen LogP contribution in [0.15, 0.2) is 29.4 Å². The fourth-order valence-electron chi connectivity index (χ4n) is 1.52. The molecule has 1 saturated carbocycles. The minimum Gasteiger partial charge on any atom is -0.349 e.